The van der Waals surface area contributed by atoms with Gasteiger partial charge in [0.1, 0.15) is 6.29 Å². The molecule has 0 fully saturated rings. The van der Waals surface area contributed by atoms with Crippen LogP contribution in [0.3, 0.4) is 0 Å². The Morgan fingerprint density at radius 3 is 2.92 bits per heavy atom. The number of nitrogen functional groups attached to an aromatic ring is 1. The summed E-state index contributed by atoms with van der Waals surface area (Å²) in [6.45, 7) is 0. The lowest BCUT2D eigenvalue weighted by Crippen LogP contribution is -1.91. The summed E-state index contributed by atoms with van der Waals surface area (Å²) in [6, 6.07) is 1.58. The Morgan fingerprint density at radius 1 is 1.58 bits per heavy atom. The minimum Gasteiger partial charge on any atom is -0.397 e. The number of carbonyl (C=O) groups excluding carboxylic acids is 1. The zero-order chi connectivity index (χ0) is 8.97. The van der Waals surface area contributed by atoms with Gasteiger partial charge in [0.25, 0.3) is 0 Å². The average molecular weight is 183 g/mol. The number of nitrogens with zero attached hydrogens (tertiary/aromatic N) is 1. The number of hydrogen-bond acceptors (Lipinski definition) is 3. The number of halogens is 1. The van der Waals surface area contributed by atoms with Crippen LogP contribution < -0.4 is 5.73 Å². The van der Waals surface area contributed by atoms with Gasteiger partial charge in [-0.1, -0.05) is 11.6 Å². The van der Waals surface area contributed by atoms with Gasteiger partial charge >= 0.3 is 0 Å². The van der Waals surface area contributed by atoms with Crippen molar-refractivity contribution < 1.29 is 4.79 Å². The molecule has 0 saturated heterocycles. The fourth-order valence-corrected chi connectivity index (χ4v) is 0.902. The van der Waals surface area contributed by atoms with Crippen LogP contribution in [-0.2, 0) is 4.79 Å². The molecule has 62 valence electrons. The third-order valence-corrected chi connectivity index (χ3v) is 1.46. The SMILES string of the molecule is Nc1cc(Cl)cnc1C=CC=O. The first-order valence-corrected chi connectivity index (χ1v) is 3.64. The fourth-order valence-electron chi connectivity index (χ4n) is 0.735. The first kappa shape index (κ1) is 8.74. The van der Waals surface area contributed by atoms with Crippen LogP contribution >= 0.6 is 11.6 Å². The number of aromatic nitrogens is 1. The fraction of sp³-hybridized carbons (Fsp3) is 0. The summed E-state index contributed by atoms with van der Waals surface area (Å²) in [5.41, 5.74) is 6.55. The molecule has 1 aromatic heterocycles. The number of allylic oxidation sites excluding steroid dienone is 1. The van der Waals surface area contributed by atoms with E-state index in [-0.39, 0.29) is 0 Å². The van der Waals surface area contributed by atoms with Crippen LogP contribution in [0.15, 0.2) is 18.3 Å². The second-order valence-corrected chi connectivity index (χ2v) is 2.56. The third-order valence-electron chi connectivity index (χ3n) is 1.25. The predicted molar refractivity (Wildman–Crippen MR) is 48.8 cm³/mol. The molecular weight excluding hydrogens is 176 g/mol. The van der Waals surface area contributed by atoms with Crippen LogP contribution in [0.1, 0.15) is 5.69 Å². The van der Waals surface area contributed by atoms with Crippen molar-refractivity contribution in [3.8, 4) is 0 Å². The number of carbonyl (C=O) groups is 1. The highest BCUT2D eigenvalue weighted by molar-refractivity contribution is 6.30. The van der Waals surface area contributed by atoms with E-state index in [9.17, 15) is 4.79 Å². The smallest absolute Gasteiger partial charge is 0.142 e. The Hall–Kier alpha value is -1.35. The van der Waals surface area contributed by atoms with Crippen molar-refractivity contribution in [2.24, 2.45) is 0 Å². The molecule has 0 aliphatic heterocycles. The van der Waals surface area contributed by atoms with E-state index in [2.05, 4.69) is 4.98 Å². The summed E-state index contributed by atoms with van der Waals surface area (Å²) in [5, 5.41) is 0.482. The highest BCUT2D eigenvalue weighted by atomic mass is 35.5. The van der Waals surface area contributed by atoms with Crippen molar-refractivity contribution in [2.45, 2.75) is 0 Å². The lowest BCUT2D eigenvalue weighted by atomic mass is 10.3. The molecule has 0 aromatic carbocycles. The molecule has 2 N–H and O–H groups in total. The van der Waals surface area contributed by atoms with Crippen LogP contribution in [-0.4, -0.2) is 11.3 Å². The van der Waals surface area contributed by atoms with E-state index in [1.807, 2.05) is 0 Å². The molecule has 4 heteroatoms. The van der Waals surface area contributed by atoms with E-state index < -0.39 is 0 Å². The summed E-state index contributed by atoms with van der Waals surface area (Å²) >= 11 is 5.61. The molecule has 0 spiro atoms. The molecule has 0 aliphatic carbocycles. The molecule has 1 heterocycles. The summed E-state index contributed by atoms with van der Waals surface area (Å²) in [6.07, 6.45) is 4.99. The van der Waals surface area contributed by atoms with Crippen molar-refractivity contribution in [1.82, 2.24) is 4.98 Å². The predicted octanol–water partition coefficient (Wildman–Crippen LogP) is 1.53. The molecule has 0 radical (unpaired) electrons. The first-order valence-electron chi connectivity index (χ1n) is 3.27. The van der Waals surface area contributed by atoms with E-state index in [1.165, 1.54) is 18.3 Å². The molecule has 3 nitrogen and oxygen atoms in total. The summed E-state index contributed by atoms with van der Waals surface area (Å²) < 4.78 is 0. The van der Waals surface area contributed by atoms with Gasteiger partial charge in [-0.25, -0.2) is 0 Å². The molecule has 1 rings (SSSR count). The van der Waals surface area contributed by atoms with E-state index in [1.54, 1.807) is 6.07 Å². The lowest BCUT2D eigenvalue weighted by Gasteiger charge is -1.97. The van der Waals surface area contributed by atoms with Gasteiger partial charge < -0.3 is 5.73 Å². The quantitative estimate of drug-likeness (QED) is 0.558. The maximum atomic E-state index is 9.97. The number of nitrogens with two attached hydrogens (primary N) is 1. The van der Waals surface area contributed by atoms with Crippen molar-refractivity contribution >= 4 is 29.7 Å². The van der Waals surface area contributed by atoms with Crippen LogP contribution in [0, 0.1) is 0 Å². The van der Waals surface area contributed by atoms with Gasteiger partial charge in [-0.3, -0.25) is 9.78 Å². The molecule has 0 atom stereocenters. The van der Waals surface area contributed by atoms with Gasteiger partial charge in [0.2, 0.25) is 0 Å². The highest BCUT2D eigenvalue weighted by Gasteiger charge is 1.96. The van der Waals surface area contributed by atoms with Gasteiger partial charge in [-0.2, -0.15) is 0 Å². The largest absolute Gasteiger partial charge is 0.397 e. The number of hydrogen-bond donors (Lipinski definition) is 1. The zero-order valence-electron chi connectivity index (χ0n) is 6.20. The van der Waals surface area contributed by atoms with Crippen LogP contribution in [0.4, 0.5) is 5.69 Å². The van der Waals surface area contributed by atoms with Gasteiger partial charge in [0.15, 0.2) is 0 Å². The minimum absolute atomic E-state index is 0.459. The average Bonchev–Trinajstić information content (AvgIpc) is 2.03. The van der Waals surface area contributed by atoms with Crippen molar-refractivity contribution in [3.63, 3.8) is 0 Å². The molecule has 12 heavy (non-hydrogen) atoms. The second kappa shape index (κ2) is 3.88. The van der Waals surface area contributed by atoms with E-state index in [0.29, 0.717) is 22.7 Å². The van der Waals surface area contributed by atoms with E-state index in [0.717, 1.165) is 0 Å². The summed E-state index contributed by atoms with van der Waals surface area (Å²) in [5.74, 6) is 0. The zero-order valence-corrected chi connectivity index (χ0v) is 6.95. The highest BCUT2D eigenvalue weighted by Crippen LogP contribution is 2.15. The minimum atomic E-state index is 0.459. The Morgan fingerprint density at radius 2 is 2.33 bits per heavy atom. The maximum Gasteiger partial charge on any atom is 0.142 e. The Labute approximate surface area is 74.9 Å². The van der Waals surface area contributed by atoms with Crippen LogP contribution in [0.5, 0.6) is 0 Å². The molecule has 0 aliphatic rings. The summed E-state index contributed by atoms with van der Waals surface area (Å²) in [4.78, 5) is 13.9. The number of rotatable bonds is 2. The Balaban J connectivity index is 3.01. The lowest BCUT2D eigenvalue weighted by molar-refractivity contribution is -0.104. The molecule has 0 amide bonds. The number of anilines is 1. The Bertz CT molecular complexity index is 323. The first-order chi connectivity index (χ1) is 5.74. The van der Waals surface area contributed by atoms with Crippen molar-refractivity contribution in [1.29, 1.82) is 0 Å². The second-order valence-electron chi connectivity index (χ2n) is 2.12. The topological polar surface area (TPSA) is 56.0 Å². The number of aldehydes is 1. The molecule has 0 bridgehead atoms. The van der Waals surface area contributed by atoms with E-state index >= 15 is 0 Å². The Kier molecular flexibility index (Phi) is 2.82. The van der Waals surface area contributed by atoms with Gasteiger partial charge in [-0.05, 0) is 18.2 Å². The molecular formula is C8H7ClN2O. The van der Waals surface area contributed by atoms with Gasteiger partial charge in [-0.15, -0.1) is 0 Å². The molecule has 0 saturated carbocycles. The van der Waals surface area contributed by atoms with Crippen LogP contribution in [0.2, 0.25) is 5.02 Å². The normalized spacial score (nSPS) is 10.4. The maximum absolute atomic E-state index is 9.97. The van der Waals surface area contributed by atoms with Gasteiger partial charge in [0, 0.05) is 6.20 Å². The monoisotopic (exact) mass is 182 g/mol. The molecule has 1 aromatic rings. The van der Waals surface area contributed by atoms with E-state index in [4.69, 9.17) is 17.3 Å². The van der Waals surface area contributed by atoms with Crippen molar-refractivity contribution in [3.05, 3.63) is 29.1 Å². The third kappa shape index (κ3) is 2.07. The van der Waals surface area contributed by atoms with Crippen molar-refractivity contribution in [2.75, 3.05) is 5.73 Å². The standard InChI is InChI=1S/C8H7ClN2O/c9-6-4-7(10)8(11-5-6)2-1-3-12/h1-5H,10H2. The van der Waals surface area contributed by atoms with Gasteiger partial charge in [0.05, 0.1) is 16.4 Å². The van der Waals surface area contributed by atoms with Crippen LogP contribution in [0.25, 0.3) is 6.08 Å². The number of pyridine rings is 1. The molecule has 0 unspecified atom stereocenters. The summed E-state index contributed by atoms with van der Waals surface area (Å²) in [7, 11) is 0.